The van der Waals surface area contributed by atoms with Gasteiger partial charge in [0.05, 0.1) is 5.70 Å². The van der Waals surface area contributed by atoms with Crippen molar-refractivity contribution in [3.8, 4) is 0 Å². The van der Waals surface area contributed by atoms with E-state index in [0.717, 1.165) is 26.3 Å². The molecule has 0 radical (unpaired) electrons. The number of hydrazone groups is 1. The monoisotopic (exact) mass is 330 g/mol. The van der Waals surface area contributed by atoms with E-state index in [-0.39, 0.29) is 0 Å². The van der Waals surface area contributed by atoms with Crippen LogP contribution in [0, 0.1) is 0 Å². The molecule has 1 N–H and O–H groups in total. The van der Waals surface area contributed by atoms with Crippen LogP contribution in [0.3, 0.4) is 0 Å². The molecule has 2 aromatic carbocycles. The summed E-state index contributed by atoms with van der Waals surface area (Å²) in [6.45, 7) is 0. The first kappa shape index (κ1) is 12.5. The number of nitrogens with one attached hydrogen (secondary N) is 1. The van der Waals surface area contributed by atoms with Crippen LogP contribution in [0.15, 0.2) is 69.6 Å². The van der Waals surface area contributed by atoms with E-state index in [4.69, 9.17) is 0 Å². The summed E-state index contributed by atoms with van der Waals surface area (Å²) in [5, 5.41) is 7.51. The van der Waals surface area contributed by atoms with Crippen LogP contribution in [0.2, 0.25) is 0 Å². The van der Waals surface area contributed by atoms with Gasteiger partial charge in [-0.3, -0.25) is 5.43 Å². The van der Waals surface area contributed by atoms with Gasteiger partial charge in [0, 0.05) is 21.0 Å². The number of hydrogen-bond donors (Lipinski definition) is 1. The average Bonchev–Trinajstić information content (AvgIpc) is 2.49. The van der Waals surface area contributed by atoms with Crippen LogP contribution in [0.25, 0.3) is 5.70 Å². The summed E-state index contributed by atoms with van der Waals surface area (Å²) in [5.74, 6) is 0. The van der Waals surface area contributed by atoms with Crippen LogP contribution < -0.4 is 5.43 Å². The maximum atomic E-state index is 4.43. The SMILES string of the molecule is Brc1ccc(C2=CSC(c3ccccc3)=NN2)cc1. The molecule has 19 heavy (non-hydrogen) atoms. The number of halogens is 1. The van der Waals surface area contributed by atoms with Crippen LogP contribution in [0.1, 0.15) is 11.1 Å². The lowest BCUT2D eigenvalue weighted by atomic mass is 10.2. The summed E-state index contributed by atoms with van der Waals surface area (Å²) in [6.07, 6.45) is 0. The Morgan fingerprint density at radius 1 is 0.895 bits per heavy atom. The second kappa shape index (κ2) is 5.63. The van der Waals surface area contributed by atoms with Crippen LogP contribution in [0.5, 0.6) is 0 Å². The Bertz CT molecular complexity index is 633. The van der Waals surface area contributed by atoms with E-state index in [0.29, 0.717) is 0 Å². The third-order valence-corrected chi connectivity index (χ3v) is 4.17. The highest BCUT2D eigenvalue weighted by atomic mass is 79.9. The molecule has 3 rings (SSSR count). The van der Waals surface area contributed by atoms with Crippen molar-refractivity contribution in [1.82, 2.24) is 5.43 Å². The molecule has 0 unspecified atom stereocenters. The van der Waals surface area contributed by atoms with Gasteiger partial charge in [-0.05, 0) is 12.1 Å². The van der Waals surface area contributed by atoms with Gasteiger partial charge >= 0.3 is 0 Å². The van der Waals surface area contributed by atoms with E-state index in [1.807, 2.05) is 30.3 Å². The molecule has 2 aromatic rings. The Hall–Kier alpha value is -1.52. The summed E-state index contributed by atoms with van der Waals surface area (Å²) >= 11 is 5.07. The maximum Gasteiger partial charge on any atom is 0.128 e. The van der Waals surface area contributed by atoms with E-state index >= 15 is 0 Å². The first-order valence-electron chi connectivity index (χ1n) is 5.85. The molecular formula is C15H11BrN2S. The molecule has 0 saturated carbocycles. The molecule has 1 heterocycles. The smallest absolute Gasteiger partial charge is 0.128 e. The number of thioether (sulfide) groups is 1. The van der Waals surface area contributed by atoms with Crippen LogP contribution in [0.4, 0.5) is 0 Å². The summed E-state index contributed by atoms with van der Waals surface area (Å²) in [6, 6.07) is 18.3. The van der Waals surface area contributed by atoms with Crippen LogP contribution in [-0.2, 0) is 0 Å². The lowest BCUT2D eigenvalue weighted by Gasteiger charge is -2.14. The second-order valence-corrected chi connectivity index (χ2v) is 5.82. The Morgan fingerprint density at radius 3 is 2.26 bits per heavy atom. The summed E-state index contributed by atoms with van der Waals surface area (Å²) < 4.78 is 1.08. The molecule has 4 heteroatoms. The Morgan fingerprint density at radius 2 is 1.63 bits per heavy atom. The average molecular weight is 331 g/mol. The third-order valence-electron chi connectivity index (χ3n) is 2.74. The standard InChI is InChI=1S/C15H11BrN2S/c16-13-8-6-11(7-9-13)14-10-19-15(18-17-14)12-4-2-1-3-5-12/h1-10,17H. The Labute approximate surface area is 124 Å². The molecular weight excluding hydrogens is 320 g/mol. The van der Waals surface area contributed by atoms with E-state index in [1.165, 1.54) is 0 Å². The van der Waals surface area contributed by atoms with Crippen molar-refractivity contribution in [3.05, 3.63) is 75.6 Å². The third kappa shape index (κ3) is 2.91. The van der Waals surface area contributed by atoms with Gasteiger partial charge in [-0.25, -0.2) is 0 Å². The number of nitrogens with zero attached hydrogens (tertiary/aromatic N) is 1. The van der Waals surface area contributed by atoms with Gasteiger partial charge in [0.25, 0.3) is 0 Å². The minimum absolute atomic E-state index is 0.987. The highest BCUT2D eigenvalue weighted by molar-refractivity contribution is 9.10. The molecule has 0 aromatic heterocycles. The highest BCUT2D eigenvalue weighted by Crippen LogP contribution is 2.25. The number of rotatable bonds is 2. The molecule has 2 nitrogen and oxygen atoms in total. The minimum Gasteiger partial charge on any atom is -0.276 e. The van der Waals surface area contributed by atoms with Crippen LogP contribution in [-0.4, -0.2) is 5.04 Å². The van der Waals surface area contributed by atoms with E-state index in [2.05, 4.69) is 56.1 Å². The first-order chi connectivity index (χ1) is 9.33. The fourth-order valence-corrected chi connectivity index (χ4v) is 2.81. The van der Waals surface area contributed by atoms with Gasteiger partial charge in [-0.1, -0.05) is 70.2 Å². The molecule has 1 aliphatic heterocycles. The predicted molar refractivity (Wildman–Crippen MR) is 85.8 cm³/mol. The molecule has 0 spiro atoms. The topological polar surface area (TPSA) is 24.4 Å². The molecule has 0 saturated heterocycles. The zero-order chi connectivity index (χ0) is 13.1. The van der Waals surface area contributed by atoms with E-state index < -0.39 is 0 Å². The molecule has 0 atom stereocenters. The fraction of sp³-hybridized carbons (Fsp3) is 0. The first-order valence-corrected chi connectivity index (χ1v) is 7.52. The Kier molecular flexibility index (Phi) is 3.71. The van der Waals surface area contributed by atoms with Gasteiger partial charge in [0.1, 0.15) is 5.04 Å². The zero-order valence-corrected chi connectivity index (χ0v) is 12.4. The van der Waals surface area contributed by atoms with Crippen molar-refractivity contribution in [2.75, 3.05) is 0 Å². The maximum absolute atomic E-state index is 4.43. The van der Waals surface area contributed by atoms with Gasteiger partial charge < -0.3 is 0 Å². The summed E-state index contributed by atoms with van der Waals surface area (Å²) in [5.41, 5.74) is 6.40. The molecule has 0 bridgehead atoms. The predicted octanol–water partition coefficient (Wildman–Crippen LogP) is 4.45. The summed E-state index contributed by atoms with van der Waals surface area (Å²) in [4.78, 5) is 0. The number of benzene rings is 2. The van der Waals surface area contributed by atoms with Gasteiger partial charge in [0.15, 0.2) is 0 Å². The molecule has 0 fully saturated rings. The molecule has 0 aliphatic carbocycles. The van der Waals surface area contributed by atoms with Crippen molar-refractivity contribution < 1.29 is 0 Å². The fourth-order valence-electron chi connectivity index (χ4n) is 1.75. The zero-order valence-electron chi connectivity index (χ0n) is 10.0. The van der Waals surface area contributed by atoms with Crippen molar-refractivity contribution >= 4 is 38.4 Å². The molecule has 0 amide bonds. The van der Waals surface area contributed by atoms with Crippen LogP contribution >= 0.6 is 27.7 Å². The second-order valence-electron chi connectivity index (χ2n) is 4.05. The van der Waals surface area contributed by atoms with Gasteiger partial charge in [-0.15, -0.1) is 0 Å². The van der Waals surface area contributed by atoms with E-state index in [1.54, 1.807) is 11.8 Å². The largest absolute Gasteiger partial charge is 0.276 e. The Balaban J connectivity index is 1.78. The number of hydrogen-bond acceptors (Lipinski definition) is 3. The quantitative estimate of drug-likeness (QED) is 0.879. The highest BCUT2D eigenvalue weighted by Gasteiger charge is 2.10. The van der Waals surface area contributed by atoms with Crippen molar-refractivity contribution in [1.29, 1.82) is 0 Å². The van der Waals surface area contributed by atoms with Gasteiger partial charge in [0.2, 0.25) is 0 Å². The lowest BCUT2D eigenvalue weighted by molar-refractivity contribution is 0.996. The summed E-state index contributed by atoms with van der Waals surface area (Å²) in [7, 11) is 0. The van der Waals surface area contributed by atoms with Crippen molar-refractivity contribution in [3.63, 3.8) is 0 Å². The lowest BCUT2D eigenvalue weighted by Crippen LogP contribution is -2.12. The molecule has 1 aliphatic rings. The van der Waals surface area contributed by atoms with Crippen molar-refractivity contribution in [2.45, 2.75) is 0 Å². The van der Waals surface area contributed by atoms with E-state index in [9.17, 15) is 0 Å². The molecule has 94 valence electrons. The normalized spacial score (nSPS) is 14.4. The van der Waals surface area contributed by atoms with Gasteiger partial charge in [-0.2, -0.15) is 5.10 Å². The minimum atomic E-state index is 0.987. The van der Waals surface area contributed by atoms with Crippen molar-refractivity contribution in [2.24, 2.45) is 5.10 Å².